The highest BCUT2D eigenvalue weighted by molar-refractivity contribution is 5.70. The van der Waals surface area contributed by atoms with Crippen LogP contribution in [-0.4, -0.2) is 37.9 Å². The van der Waals surface area contributed by atoms with E-state index in [4.69, 9.17) is 14.2 Å². The van der Waals surface area contributed by atoms with Crippen molar-refractivity contribution in [1.82, 2.24) is 0 Å². The first-order valence-corrected chi connectivity index (χ1v) is 28.6. The van der Waals surface area contributed by atoms with Gasteiger partial charge in [-0.1, -0.05) is 297 Å². The van der Waals surface area contributed by atoms with Gasteiger partial charge in [0, 0.05) is 19.4 Å². The van der Waals surface area contributed by atoms with Gasteiger partial charge in [0.15, 0.2) is 6.10 Å². The zero-order chi connectivity index (χ0) is 44.9. The van der Waals surface area contributed by atoms with Crippen molar-refractivity contribution in [2.24, 2.45) is 0 Å². The summed E-state index contributed by atoms with van der Waals surface area (Å²) in [4.78, 5) is 25.4. The maximum absolute atomic E-state index is 12.8. The third-order valence-corrected chi connectivity index (χ3v) is 13.1. The maximum atomic E-state index is 12.8. The molecule has 0 aliphatic carbocycles. The minimum absolute atomic E-state index is 0.0983. The van der Waals surface area contributed by atoms with Crippen molar-refractivity contribution in [3.8, 4) is 0 Å². The molecule has 0 heterocycles. The Bertz CT molecular complexity index is 860. The molecule has 0 bridgehead atoms. The van der Waals surface area contributed by atoms with E-state index in [1.165, 1.54) is 263 Å². The van der Waals surface area contributed by atoms with Gasteiger partial charge in [0.25, 0.3) is 0 Å². The maximum Gasteiger partial charge on any atom is 0.306 e. The van der Waals surface area contributed by atoms with Gasteiger partial charge in [-0.3, -0.25) is 9.59 Å². The first kappa shape index (κ1) is 60.9. The molecule has 1 atom stereocenters. The molecule has 0 spiro atoms. The molecule has 0 N–H and O–H groups in total. The Balaban J connectivity index is 4.16. The van der Waals surface area contributed by atoms with Crippen molar-refractivity contribution < 1.29 is 23.8 Å². The fourth-order valence-corrected chi connectivity index (χ4v) is 8.87. The third kappa shape index (κ3) is 51.5. The van der Waals surface area contributed by atoms with Crippen molar-refractivity contribution in [1.29, 1.82) is 0 Å². The summed E-state index contributed by atoms with van der Waals surface area (Å²) in [5.41, 5.74) is 0. The summed E-state index contributed by atoms with van der Waals surface area (Å²) >= 11 is 0. The number of esters is 2. The summed E-state index contributed by atoms with van der Waals surface area (Å²) in [5, 5.41) is 0. The van der Waals surface area contributed by atoms with Gasteiger partial charge >= 0.3 is 11.9 Å². The first-order valence-electron chi connectivity index (χ1n) is 28.6. The number of ether oxygens (including phenoxy) is 3. The lowest BCUT2D eigenvalue weighted by Crippen LogP contribution is -2.30. The number of carbonyl (C=O) groups excluding carboxylic acids is 2. The van der Waals surface area contributed by atoms with E-state index >= 15 is 0 Å². The molecule has 5 nitrogen and oxygen atoms in total. The summed E-state index contributed by atoms with van der Waals surface area (Å²) in [5.74, 6) is -0.367. The van der Waals surface area contributed by atoms with E-state index in [2.05, 4.69) is 20.8 Å². The molecule has 0 saturated heterocycles. The average Bonchev–Trinajstić information content (AvgIpc) is 3.27. The lowest BCUT2D eigenvalue weighted by Gasteiger charge is -2.18. The zero-order valence-corrected chi connectivity index (χ0v) is 42.7. The fourth-order valence-electron chi connectivity index (χ4n) is 8.87. The van der Waals surface area contributed by atoms with E-state index in [1.807, 2.05) is 0 Å². The molecule has 5 heteroatoms. The Morgan fingerprint density at radius 1 is 0.290 bits per heavy atom. The number of hydrogen-bond acceptors (Lipinski definition) is 5. The van der Waals surface area contributed by atoms with Gasteiger partial charge in [0.05, 0.1) is 6.61 Å². The fraction of sp³-hybridized carbons (Fsp3) is 0.965. The van der Waals surface area contributed by atoms with Crippen LogP contribution in [0.4, 0.5) is 0 Å². The van der Waals surface area contributed by atoms with E-state index < -0.39 is 6.10 Å². The Labute approximate surface area is 389 Å². The van der Waals surface area contributed by atoms with Crippen molar-refractivity contribution in [3.05, 3.63) is 0 Å². The SMILES string of the molecule is CCCCCCCCCCCCCCCCCCCCOCC(COC(=O)CCCCCCCCCCCCCCCCC)OC(=O)CCCCCCCCCCCCCCC. The quantitative estimate of drug-likeness (QED) is 0.0450. The second kappa shape index (κ2) is 54.2. The highest BCUT2D eigenvalue weighted by atomic mass is 16.6. The molecule has 0 aromatic carbocycles. The topological polar surface area (TPSA) is 61.8 Å². The predicted octanol–water partition coefficient (Wildman–Crippen LogP) is 19.2. The third-order valence-electron chi connectivity index (χ3n) is 13.1. The molecule has 0 aromatic rings. The van der Waals surface area contributed by atoms with Crippen molar-refractivity contribution in [2.75, 3.05) is 19.8 Å². The van der Waals surface area contributed by atoms with Crippen LogP contribution in [0.1, 0.15) is 329 Å². The van der Waals surface area contributed by atoms with Crippen LogP contribution >= 0.6 is 0 Å². The van der Waals surface area contributed by atoms with E-state index in [0.29, 0.717) is 26.1 Å². The molecule has 0 amide bonds. The van der Waals surface area contributed by atoms with Gasteiger partial charge in [-0.15, -0.1) is 0 Å². The van der Waals surface area contributed by atoms with Crippen molar-refractivity contribution in [2.45, 2.75) is 335 Å². The van der Waals surface area contributed by atoms with Gasteiger partial charge < -0.3 is 14.2 Å². The molecule has 0 aliphatic rings. The Kier molecular flexibility index (Phi) is 53.3. The molecule has 0 rings (SSSR count). The standard InChI is InChI=1S/C57H112O5/c1-4-7-10-13-16-19-22-25-27-28-29-31-34-37-40-43-46-49-52-60-53-55(62-57(59)51-48-45-42-39-36-32-24-21-18-15-12-9-6-3)54-61-56(58)50-47-44-41-38-35-33-30-26-23-20-17-14-11-8-5-2/h55H,4-54H2,1-3H3. The molecule has 0 fully saturated rings. The largest absolute Gasteiger partial charge is 0.462 e. The molecule has 0 saturated carbocycles. The molecule has 370 valence electrons. The summed E-state index contributed by atoms with van der Waals surface area (Å²) in [7, 11) is 0. The minimum Gasteiger partial charge on any atom is -0.462 e. The number of hydrogen-bond donors (Lipinski definition) is 0. The zero-order valence-electron chi connectivity index (χ0n) is 42.7. The van der Waals surface area contributed by atoms with Crippen LogP contribution in [0, 0.1) is 0 Å². The van der Waals surface area contributed by atoms with Crippen LogP contribution in [0.15, 0.2) is 0 Å². The molecule has 1 unspecified atom stereocenters. The summed E-state index contributed by atoms with van der Waals surface area (Å²) < 4.78 is 17.5. The van der Waals surface area contributed by atoms with E-state index in [9.17, 15) is 9.59 Å². The monoisotopic (exact) mass is 877 g/mol. The van der Waals surface area contributed by atoms with Crippen LogP contribution in [0.2, 0.25) is 0 Å². The number of carbonyl (C=O) groups is 2. The number of rotatable bonds is 54. The van der Waals surface area contributed by atoms with Crippen LogP contribution in [0.3, 0.4) is 0 Å². The molecule has 0 radical (unpaired) electrons. The average molecular weight is 878 g/mol. The van der Waals surface area contributed by atoms with E-state index in [0.717, 1.165) is 32.1 Å². The molecular weight excluding hydrogens is 765 g/mol. The van der Waals surface area contributed by atoms with Gasteiger partial charge in [0.1, 0.15) is 6.61 Å². The smallest absolute Gasteiger partial charge is 0.306 e. The predicted molar refractivity (Wildman–Crippen MR) is 270 cm³/mol. The summed E-state index contributed by atoms with van der Waals surface area (Å²) in [6, 6.07) is 0. The summed E-state index contributed by atoms with van der Waals surface area (Å²) in [6.07, 6.45) is 61.2. The van der Waals surface area contributed by atoms with Gasteiger partial charge in [-0.2, -0.15) is 0 Å². The lowest BCUT2D eigenvalue weighted by atomic mass is 10.0. The first-order chi connectivity index (χ1) is 30.6. The van der Waals surface area contributed by atoms with Crippen molar-refractivity contribution >= 4 is 11.9 Å². The minimum atomic E-state index is -0.523. The van der Waals surface area contributed by atoms with Crippen LogP contribution in [0.25, 0.3) is 0 Å². The van der Waals surface area contributed by atoms with Gasteiger partial charge in [-0.25, -0.2) is 0 Å². The highest BCUT2D eigenvalue weighted by Crippen LogP contribution is 2.17. The van der Waals surface area contributed by atoms with Gasteiger partial charge in [-0.05, 0) is 19.3 Å². The Hall–Kier alpha value is -1.10. The van der Waals surface area contributed by atoms with Crippen LogP contribution in [-0.2, 0) is 23.8 Å². The van der Waals surface area contributed by atoms with E-state index in [-0.39, 0.29) is 18.5 Å². The number of unbranched alkanes of at least 4 members (excludes halogenated alkanes) is 43. The van der Waals surface area contributed by atoms with Crippen molar-refractivity contribution in [3.63, 3.8) is 0 Å². The normalized spacial score (nSPS) is 12.0. The summed E-state index contributed by atoms with van der Waals surface area (Å²) in [6.45, 7) is 7.92. The van der Waals surface area contributed by atoms with Crippen LogP contribution < -0.4 is 0 Å². The second-order valence-corrected chi connectivity index (χ2v) is 19.6. The Morgan fingerprint density at radius 3 is 0.823 bits per heavy atom. The van der Waals surface area contributed by atoms with Crippen LogP contribution in [0.5, 0.6) is 0 Å². The Morgan fingerprint density at radius 2 is 0.532 bits per heavy atom. The lowest BCUT2D eigenvalue weighted by molar-refractivity contribution is -0.163. The molecule has 62 heavy (non-hydrogen) atoms. The van der Waals surface area contributed by atoms with Gasteiger partial charge in [0.2, 0.25) is 0 Å². The second-order valence-electron chi connectivity index (χ2n) is 19.6. The highest BCUT2D eigenvalue weighted by Gasteiger charge is 2.17. The molecule has 0 aromatic heterocycles. The molecular formula is C57H112O5. The molecule has 0 aliphatic heterocycles. The van der Waals surface area contributed by atoms with E-state index in [1.54, 1.807) is 0 Å².